The molecule has 0 aromatic heterocycles. The average molecular weight is 375 g/mol. The first-order chi connectivity index (χ1) is 11.2. The van der Waals surface area contributed by atoms with Crippen molar-refractivity contribution in [1.29, 1.82) is 0 Å². The van der Waals surface area contributed by atoms with Crippen LogP contribution in [0, 0.1) is 10.1 Å². The van der Waals surface area contributed by atoms with Gasteiger partial charge >= 0.3 is 6.80 Å². The van der Waals surface area contributed by atoms with Crippen molar-refractivity contribution in [2.45, 2.75) is 46.1 Å². The van der Waals surface area contributed by atoms with Gasteiger partial charge in [-0.25, -0.2) is 4.57 Å². The number of nitrogens with zero attached hydrogens (tertiary/aromatic N) is 1. The topological polar surface area (TPSA) is 87.9 Å². The summed E-state index contributed by atoms with van der Waals surface area (Å²) in [5.41, 5.74) is -0.139. The molecule has 7 nitrogen and oxygen atoms in total. The first kappa shape index (κ1) is 19.1. The predicted molar refractivity (Wildman–Crippen MR) is 94.1 cm³/mol. The lowest BCUT2D eigenvalue weighted by Gasteiger charge is -2.21. The van der Waals surface area contributed by atoms with Gasteiger partial charge in [0.15, 0.2) is 11.5 Å². The second-order valence-electron chi connectivity index (χ2n) is 5.98. The number of hydrogen-bond donors (Lipinski definition) is 0. The molecule has 0 amide bonds. The Bertz CT molecular complexity index is 678. The lowest BCUT2D eigenvalue weighted by molar-refractivity contribution is -0.385. The van der Waals surface area contributed by atoms with Crippen LogP contribution in [-0.4, -0.2) is 22.9 Å². The molecule has 1 heterocycles. The number of rotatable bonds is 8. The van der Waals surface area contributed by atoms with Gasteiger partial charge in [-0.3, -0.25) is 14.6 Å². The van der Waals surface area contributed by atoms with Crippen molar-refractivity contribution in [1.82, 2.24) is 0 Å². The monoisotopic (exact) mass is 375 g/mol. The smallest absolute Gasteiger partial charge is 0.440 e. The van der Waals surface area contributed by atoms with Crippen molar-refractivity contribution in [3.8, 4) is 11.5 Å². The van der Waals surface area contributed by atoms with Crippen LogP contribution in [0.4, 0.5) is 5.69 Å². The molecule has 1 aromatic rings. The highest BCUT2D eigenvalue weighted by Crippen LogP contribution is 2.62. The standard InChI is InChI=1S/C15H22NO6PS/c1-5-9-24-23(19,20-6-2)22-13-8-7-12(16(17)18)11-10-15(3,4)21-14(11)13/h7-8H,5-6,9-10H2,1-4H3. The van der Waals surface area contributed by atoms with Crippen LogP contribution in [0.3, 0.4) is 0 Å². The third-order valence-electron chi connectivity index (χ3n) is 3.33. The first-order valence-corrected chi connectivity index (χ1v) is 10.9. The Hall–Kier alpha value is -1.24. The van der Waals surface area contributed by atoms with Crippen LogP contribution in [0.2, 0.25) is 0 Å². The molecular formula is C15H22NO6PS. The highest BCUT2D eigenvalue weighted by atomic mass is 32.7. The Kier molecular flexibility index (Phi) is 5.83. The molecule has 1 unspecified atom stereocenters. The van der Waals surface area contributed by atoms with Gasteiger partial charge in [-0.2, -0.15) is 0 Å². The lowest BCUT2D eigenvalue weighted by Crippen LogP contribution is -2.24. The van der Waals surface area contributed by atoms with Gasteiger partial charge in [0, 0.05) is 18.2 Å². The van der Waals surface area contributed by atoms with E-state index >= 15 is 0 Å². The van der Waals surface area contributed by atoms with E-state index in [0.717, 1.165) is 17.8 Å². The minimum atomic E-state index is -3.40. The molecule has 24 heavy (non-hydrogen) atoms. The molecule has 1 atom stereocenters. The maximum Gasteiger partial charge on any atom is 0.440 e. The fourth-order valence-electron chi connectivity index (χ4n) is 2.43. The maximum absolute atomic E-state index is 12.9. The maximum atomic E-state index is 12.9. The van der Waals surface area contributed by atoms with Gasteiger partial charge in [0.05, 0.1) is 17.1 Å². The zero-order chi connectivity index (χ0) is 18.0. The van der Waals surface area contributed by atoms with Crippen molar-refractivity contribution in [2.75, 3.05) is 12.4 Å². The van der Waals surface area contributed by atoms with E-state index in [4.69, 9.17) is 13.8 Å². The molecule has 9 heteroatoms. The average Bonchev–Trinajstić information content (AvgIpc) is 2.81. The van der Waals surface area contributed by atoms with Gasteiger partial charge in [-0.15, -0.1) is 0 Å². The lowest BCUT2D eigenvalue weighted by atomic mass is 10.0. The number of benzene rings is 1. The number of nitro benzene ring substituents is 1. The highest BCUT2D eigenvalue weighted by Gasteiger charge is 2.39. The number of hydrogen-bond acceptors (Lipinski definition) is 7. The fraction of sp³-hybridized carbons (Fsp3) is 0.600. The van der Waals surface area contributed by atoms with Crippen molar-refractivity contribution >= 4 is 23.9 Å². The molecule has 0 saturated heterocycles. The molecule has 1 aromatic carbocycles. The van der Waals surface area contributed by atoms with E-state index in [-0.39, 0.29) is 23.8 Å². The molecule has 0 fully saturated rings. The Balaban J connectivity index is 2.40. The summed E-state index contributed by atoms with van der Waals surface area (Å²) in [7, 11) is 0. The predicted octanol–water partition coefficient (Wildman–Crippen LogP) is 4.97. The summed E-state index contributed by atoms with van der Waals surface area (Å²) in [5, 5.41) is 11.2. The second-order valence-corrected chi connectivity index (χ2v) is 10.1. The SMILES string of the molecule is CCCSP(=O)(OCC)Oc1ccc([N+](=O)[O-])c2c1OC(C)(C)C2. The van der Waals surface area contributed by atoms with E-state index in [0.29, 0.717) is 17.7 Å². The summed E-state index contributed by atoms with van der Waals surface area (Å²) in [5.74, 6) is 1.13. The Morgan fingerprint density at radius 3 is 2.71 bits per heavy atom. The largest absolute Gasteiger partial charge is 0.483 e. The summed E-state index contributed by atoms with van der Waals surface area (Å²) in [6, 6.07) is 2.79. The highest BCUT2D eigenvalue weighted by molar-refractivity contribution is 8.55. The van der Waals surface area contributed by atoms with Gasteiger partial charge in [-0.05, 0) is 44.6 Å². The van der Waals surface area contributed by atoms with Gasteiger partial charge in [0.25, 0.3) is 5.69 Å². The van der Waals surface area contributed by atoms with E-state index in [9.17, 15) is 14.7 Å². The van der Waals surface area contributed by atoms with Crippen molar-refractivity contribution in [3.05, 3.63) is 27.8 Å². The van der Waals surface area contributed by atoms with Crippen LogP contribution < -0.4 is 9.26 Å². The fourth-order valence-corrected chi connectivity index (χ4v) is 5.88. The third-order valence-corrected chi connectivity index (χ3v) is 7.27. The molecule has 0 radical (unpaired) electrons. The molecule has 1 aliphatic heterocycles. The van der Waals surface area contributed by atoms with Crippen LogP contribution in [0.15, 0.2) is 12.1 Å². The van der Waals surface area contributed by atoms with Crippen molar-refractivity contribution < 1.29 is 23.3 Å². The molecule has 0 spiro atoms. The number of nitro groups is 1. The molecule has 2 rings (SSSR count). The van der Waals surface area contributed by atoms with E-state index in [1.165, 1.54) is 12.1 Å². The van der Waals surface area contributed by atoms with Gasteiger partial charge in [0.1, 0.15) is 5.60 Å². The third kappa shape index (κ3) is 4.23. The molecule has 0 N–H and O–H groups in total. The first-order valence-electron chi connectivity index (χ1n) is 7.79. The molecule has 0 bridgehead atoms. The molecule has 134 valence electrons. The Morgan fingerprint density at radius 2 is 2.12 bits per heavy atom. The Morgan fingerprint density at radius 1 is 1.42 bits per heavy atom. The van der Waals surface area contributed by atoms with E-state index in [1.807, 2.05) is 20.8 Å². The normalized spacial score (nSPS) is 17.7. The Labute approximate surface area is 145 Å². The summed E-state index contributed by atoms with van der Waals surface area (Å²) in [4.78, 5) is 10.8. The van der Waals surface area contributed by atoms with Crippen LogP contribution in [0.25, 0.3) is 0 Å². The van der Waals surface area contributed by atoms with Crippen LogP contribution in [0.1, 0.15) is 39.7 Å². The van der Waals surface area contributed by atoms with Gasteiger partial charge in [0.2, 0.25) is 0 Å². The number of ether oxygens (including phenoxy) is 1. The zero-order valence-electron chi connectivity index (χ0n) is 14.2. The molecule has 1 aliphatic rings. The molecule has 0 aliphatic carbocycles. The van der Waals surface area contributed by atoms with E-state index < -0.39 is 17.3 Å². The molecule has 0 saturated carbocycles. The zero-order valence-corrected chi connectivity index (χ0v) is 15.9. The summed E-state index contributed by atoms with van der Waals surface area (Å²) in [6.07, 6.45) is 1.21. The minimum Gasteiger partial charge on any atom is -0.483 e. The van der Waals surface area contributed by atoms with Gasteiger partial charge in [-0.1, -0.05) is 6.92 Å². The summed E-state index contributed by atoms with van der Waals surface area (Å²) < 4.78 is 29.7. The number of fused-ring (bicyclic) bond motifs is 1. The summed E-state index contributed by atoms with van der Waals surface area (Å²) >= 11 is 1.12. The summed E-state index contributed by atoms with van der Waals surface area (Å²) in [6.45, 7) is 4.23. The van der Waals surface area contributed by atoms with Crippen molar-refractivity contribution in [2.24, 2.45) is 0 Å². The van der Waals surface area contributed by atoms with Crippen LogP contribution >= 0.6 is 18.2 Å². The minimum absolute atomic E-state index is 0.0182. The van der Waals surface area contributed by atoms with E-state index in [1.54, 1.807) is 6.92 Å². The van der Waals surface area contributed by atoms with E-state index in [2.05, 4.69) is 0 Å². The van der Waals surface area contributed by atoms with Gasteiger partial charge < -0.3 is 9.26 Å². The second kappa shape index (κ2) is 7.33. The van der Waals surface area contributed by atoms with Crippen LogP contribution in [0.5, 0.6) is 11.5 Å². The van der Waals surface area contributed by atoms with Crippen LogP contribution in [-0.2, 0) is 15.5 Å². The van der Waals surface area contributed by atoms with Crippen molar-refractivity contribution in [3.63, 3.8) is 0 Å². The molecular weight excluding hydrogens is 353 g/mol. The quantitative estimate of drug-likeness (QED) is 0.360.